The molecule has 1 spiro atoms. The molecule has 0 aliphatic carbocycles. The fraction of sp³-hybridized carbons (Fsp3) is 0.474. The minimum Gasteiger partial charge on any atom is -0.370 e. The van der Waals surface area contributed by atoms with Crippen LogP contribution < -0.4 is 0 Å². The van der Waals surface area contributed by atoms with Crippen molar-refractivity contribution in [3.8, 4) is 0 Å². The first-order valence-electron chi connectivity index (χ1n) is 8.63. The normalized spacial score (nSPS) is 25.8. The average molecular weight is 358 g/mol. The molecule has 25 heavy (non-hydrogen) atoms. The lowest BCUT2D eigenvalue weighted by atomic mass is 9.98. The third-order valence-electron chi connectivity index (χ3n) is 4.96. The second kappa shape index (κ2) is 6.86. The highest BCUT2D eigenvalue weighted by Crippen LogP contribution is 2.37. The van der Waals surface area contributed by atoms with Gasteiger partial charge in [-0.15, -0.1) is 0 Å². The van der Waals surface area contributed by atoms with Gasteiger partial charge in [-0.05, 0) is 36.9 Å². The van der Waals surface area contributed by atoms with Gasteiger partial charge < -0.3 is 14.4 Å². The van der Waals surface area contributed by atoms with Gasteiger partial charge in [0.25, 0.3) is 5.91 Å². The number of rotatable bonds is 4. The van der Waals surface area contributed by atoms with E-state index < -0.39 is 0 Å². The zero-order chi connectivity index (χ0) is 17.3. The van der Waals surface area contributed by atoms with Crippen molar-refractivity contribution >= 4 is 17.2 Å². The number of pyridine rings is 1. The van der Waals surface area contributed by atoms with E-state index in [-0.39, 0.29) is 17.6 Å². The van der Waals surface area contributed by atoms with Crippen molar-refractivity contribution in [1.82, 2.24) is 9.88 Å². The minimum absolute atomic E-state index is 0.0681. The van der Waals surface area contributed by atoms with Crippen LogP contribution in [0.4, 0.5) is 0 Å². The third-order valence-corrected chi connectivity index (χ3v) is 5.64. The first-order chi connectivity index (χ1) is 12.1. The molecule has 2 aromatic rings. The average Bonchev–Trinajstić information content (AvgIpc) is 3.35. The number of nitrogens with zero attached hydrogens (tertiary/aromatic N) is 2. The summed E-state index contributed by atoms with van der Waals surface area (Å²) in [5.41, 5.74) is 2.48. The largest absolute Gasteiger partial charge is 0.370 e. The van der Waals surface area contributed by atoms with Crippen LogP contribution in [0.25, 0.3) is 0 Å². The van der Waals surface area contributed by atoms with Crippen LogP contribution in [0.1, 0.15) is 34.6 Å². The SMILES string of the molecule is Cc1cccc(CO[C@@H]2CO[C@]3(CCN(C(=O)c4ccsc4)C3)C2)n1. The zero-order valence-corrected chi connectivity index (χ0v) is 15.1. The van der Waals surface area contributed by atoms with Crippen molar-refractivity contribution in [1.29, 1.82) is 0 Å². The van der Waals surface area contributed by atoms with Gasteiger partial charge in [0.05, 0.1) is 42.7 Å². The van der Waals surface area contributed by atoms with Crippen LogP contribution in [0.5, 0.6) is 0 Å². The summed E-state index contributed by atoms with van der Waals surface area (Å²) in [7, 11) is 0. The molecule has 0 aromatic carbocycles. The summed E-state index contributed by atoms with van der Waals surface area (Å²) in [5.74, 6) is 0.107. The summed E-state index contributed by atoms with van der Waals surface area (Å²) in [6, 6.07) is 7.84. The van der Waals surface area contributed by atoms with Gasteiger partial charge in [0.2, 0.25) is 0 Å². The van der Waals surface area contributed by atoms with E-state index in [1.807, 2.05) is 46.8 Å². The molecule has 132 valence electrons. The topological polar surface area (TPSA) is 51.7 Å². The van der Waals surface area contributed by atoms with E-state index >= 15 is 0 Å². The first-order valence-corrected chi connectivity index (χ1v) is 9.57. The molecule has 0 unspecified atom stereocenters. The lowest BCUT2D eigenvalue weighted by molar-refractivity contribution is -0.000108. The molecule has 1 amide bonds. The predicted molar refractivity (Wildman–Crippen MR) is 95.7 cm³/mol. The maximum atomic E-state index is 12.5. The smallest absolute Gasteiger partial charge is 0.254 e. The van der Waals surface area contributed by atoms with Crippen LogP contribution in [-0.4, -0.2) is 47.2 Å². The lowest BCUT2D eigenvalue weighted by Crippen LogP contribution is -2.36. The second-order valence-corrected chi connectivity index (χ2v) is 7.67. The number of carbonyl (C=O) groups excluding carboxylic acids is 1. The first kappa shape index (κ1) is 16.7. The standard InChI is InChI=1S/C19H22N2O3S/c1-14-3-2-4-16(20-14)10-23-17-9-19(24-11-17)6-7-21(13-19)18(22)15-5-8-25-12-15/h2-5,8,12,17H,6-7,9-11,13H2,1H3/t17-,19+/m0/s1. The molecule has 4 heterocycles. The quantitative estimate of drug-likeness (QED) is 0.843. The van der Waals surface area contributed by atoms with Gasteiger partial charge in [0.15, 0.2) is 0 Å². The molecule has 2 fully saturated rings. The van der Waals surface area contributed by atoms with Crippen LogP contribution in [0, 0.1) is 6.92 Å². The highest BCUT2D eigenvalue weighted by atomic mass is 32.1. The molecule has 2 aliphatic heterocycles. The van der Waals surface area contributed by atoms with Crippen molar-refractivity contribution in [2.45, 2.75) is 38.1 Å². The highest BCUT2D eigenvalue weighted by Gasteiger charge is 2.47. The molecule has 0 N–H and O–H groups in total. The molecule has 2 saturated heterocycles. The van der Waals surface area contributed by atoms with E-state index in [1.54, 1.807) is 11.3 Å². The Balaban J connectivity index is 1.32. The molecule has 0 saturated carbocycles. The van der Waals surface area contributed by atoms with Crippen LogP contribution in [-0.2, 0) is 16.1 Å². The zero-order valence-electron chi connectivity index (χ0n) is 14.3. The van der Waals surface area contributed by atoms with Gasteiger partial charge in [0, 0.05) is 24.0 Å². The van der Waals surface area contributed by atoms with Crippen molar-refractivity contribution in [3.63, 3.8) is 0 Å². The molecule has 0 radical (unpaired) electrons. The van der Waals surface area contributed by atoms with E-state index in [1.165, 1.54) is 0 Å². The number of carbonyl (C=O) groups is 1. The molecule has 2 aromatic heterocycles. The van der Waals surface area contributed by atoms with Crippen molar-refractivity contribution < 1.29 is 14.3 Å². The molecule has 2 aliphatic rings. The van der Waals surface area contributed by atoms with Gasteiger partial charge in [-0.2, -0.15) is 11.3 Å². The molecular weight excluding hydrogens is 336 g/mol. The Hall–Kier alpha value is -1.76. The Kier molecular flexibility index (Phi) is 4.58. The van der Waals surface area contributed by atoms with Crippen LogP contribution in [0.2, 0.25) is 0 Å². The minimum atomic E-state index is -0.240. The Bertz CT molecular complexity index is 749. The Morgan fingerprint density at radius 3 is 3.20 bits per heavy atom. The molecule has 4 rings (SSSR count). The summed E-state index contributed by atoms with van der Waals surface area (Å²) in [6.07, 6.45) is 1.79. The Morgan fingerprint density at radius 2 is 2.40 bits per heavy atom. The molecule has 6 heteroatoms. The Morgan fingerprint density at radius 1 is 1.48 bits per heavy atom. The van der Waals surface area contributed by atoms with E-state index in [0.717, 1.165) is 36.3 Å². The fourth-order valence-corrected chi connectivity index (χ4v) is 4.29. The van der Waals surface area contributed by atoms with Crippen LogP contribution in [0.3, 0.4) is 0 Å². The number of hydrogen-bond donors (Lipinski definition) is 0. The summed E-state index contributed by atoms with van der Waals surface area (Å²) >= 11 is 1.55. The van der Waals surface area contributed by atoms with Crippen LogP contribution in [0.15, 0.2) is 35.0 Å². The number of thiophene rings is 1. The summed E-state index contributed by atoms with van der Waals surface area (Å²) in [6.45, 7) is 4.48. The summed E-state index contributed by atoms with van der Waals surface area (Å²) < 4.78 is 12.1. The predicted octanol–water partition coefficient (Wildman–Crippen LogP) is 3.04. The van der Waals surface area contributed by atoms with E-state index in [0.29, 0.717) is 19.8 Å². The number of aryl methyl sites for hydroxylation is 1. The number of amides is 1. The van der Waals surface area contributed by atoms with Gasteiger partial charge in [-0.25, -0.2) is 0 Å². The fourth-order valence-electron chi connectivity index (χ4n) is 3.66. The van der Waals surface area contributed by atoms with E-state index in [9.17, 15) is 4.79 Å². The summed E-state index contributed by atoms with van der Waals surface area (Å²) in [4.78, 5) is 18.9. The Labute approximate surface area is 151 Å². The van der Waals surface area contributed by atoms with E-state index in [4.69, 9.17) is 9.47 Å². The maximum absolute atomic E-state index is 12.5. The van der Waals surface area contributed by atoms with Crippen molar-refractivity contribution in [2.75, 3.05) is 19.7 Å². The number of likely N-dealkylation sites (tertiary alicyclic amines) is 1. The number of hydrogen-bond acceptors (Lipinski definition) is 5. The van der Waals surface area contributed by atoms with Gasteiger partial charge in [-0.1, -0.05) is 6.07 Å². The molecule has 2 atom stereocenters. The third kappa shape index (κ3) is 3.61. The monoisotopic (exact) mass is 358 g/mol. The van der Waals surface area contributed by atoms with Crippen molar-refractivity contribution in [2.24, 2.45) is 0 Å². The summed E-state index contributed by atoms with van der Waals surface area (Å²) in [5, 5.41) is 3.85. The molecular formula is C19H22N2O3S. The molecule has 0 bridgehead atoms. The van der Waals surface area contributed by atoms with Crippen LogP contribution >= 0.6 is 11.3 Å². The van der Waals surface area contributed by atoms with E-state index in [2.05, 4.69) is 4.98 Å². The maximum Gasteiger partial charge on any atom is 0.254 e. The number of ether oxygens (including phenoxy) is 2. The highest BCUT2D eigenvalue weighted by molar-refractivity contribution is 7.08. The van der Waals surface area contributed by atoms with Crippen molar-refractivity contribution in [3.05, 3.63) is 52.0 Å². The second-order valence-electron chi connectivity index (χ2n) is 6.89. The lowest BCUT2D eigenvalue weighted by Gasteiger charge is -2.23. The molecule has 5 nitrogen and oxygen atoms in total. The number of aromatic nitrogens is 1. The van der Waals surface area contributed by atoms with Gasteiger partial charge in [0.1, 0.15) is 0 Å². The van der Waals surface area contributed by atoms with Gasteiger partial charge >= 0.3 is 0 Å². The van der Waals surface area contributed by atoms with Gasteiger partial charge in [-0.3, -0.25) is 9.78 Å².